The minimum Gasteiger partial charge on any atom is -0.462 e. The molecule has 5 nitrogen and oxygen atoms in total. The van der Waals surface area contributed by atoms with Crippen molar-refractivity contribution in [2.24, 2.45) is 0 Å². The number of aliphatic hydroxyl groups excluding tert-OH is 1. The number of hydrogen-bond acceptors (Lipinski definition) is 5. The molecule has 5 heteroatoms. The zero-order valence-electron chi connectivity index (χ0n) is 29.9. The van der Waals surface area contributed by atoms with Crippen LogP contribution in [-0.2, 0) is 19.1 Å². The van der Waals surface area contributed by atoms with Crippen LogP contribution in [0, 0.1) is 0 Å². The van der Waals surface area contributed by atoms with Gasteiger partial charge in [0.2, 0.25) is 0 Å². The molecule has 0 saturated carbocycles. The SMILES string of the molecule is CCCCCCCC/C=C\CCCCCCCC(=O)OCC(CO)OC(=O)CCCCCCC/C=C\CCCCCCCCC. The van der Waals surface area contributed by atoms with E-state index in [4.69, 9.17) is 9.47 Å². The number of allylic oxidation sites excluding steroid dienone is 4. The summed E-state index contributed by atoms with van der Waals surface area (Å²) in [6.45, 7) is 4.12. The summed E-state index contributed by atoms with van der Waals surface area (Å²) in [5, 5.41) is 9.54. The van der Waals surface area contributed by atoms with Crippen molar-refractivity contribution in [3.8, 4) is 0 Å². The molecule has 0 amide bonds. The Balaban J connectivity index is 3.57. The van der Waals surface area contributed by atoms with Gasteiger partial charge in [-0.05, 0) is 64.2 Å². The molecule has 1 unspecified atom stereocenters. The standard InChI is InChI=1S/C40H74O5/c1-3-5-7-9-11-13-15-17-19-21-23-25-27-29-31-33-35-40(43)45-38(36-41)37-44-39(42)34-32-30-28-26-24-22-20-18-16-14-12-10-8-6-4-2/h18-21,38,41H,3-17,22-37H2,1-2H3/b20-18-,21-19-. The Morgan fingerprint density at radius 3 is 1.20 bits per heavy atom. The van der Waals surface area contributed by atoms with Gasteiger partial charge in [-0.15, -0.1) is 0 Å². The number of carbonyl (C=O) groups excluding carboxylic acids is 2. The van der Waals surface area contributed by atoms with Crippen molar-refractivity contribution >= 4 is 11.9 Å². The highest BCUT2D eigenvalue weighted by Gasteiger charge is 2.16. The van der Waals surface area contributed by atoms with Crippen LogP contribution in [0.1, 0.15) is 200 Å². The summed E-state index contributed by atoms with van der Waals surface area (Å²) in [4.78, 5) is 24.2. The molecule has 0 aromatic heterocycles. The van der Waals surface area contributed by atoms with Gasteiger partial charge in [0.25, 0.3) is 0 Å². The Morgan fingerprint density at radius 1 is 0.489 bits per heavy atom. The van der Waals surface area contributed by atoms with Crippen molar-refractivity contribution in [1.29, 1.82) is 0 Å². The van der Waals surface area contributed by atoms with Crippen molar-refractivity contribution in [2.45, 2.75) is 206 Å². The zero-order valence-corrected chi connectivity index (χ0v) is 29.9. The molecule has 0 spiro atoms. The maximum absolute atomic E-state index is 12.1. The van der Waals surface area contributed by atoms with E-state index in [9.17, 15) is 14.7 Å². The van der Waals surface area contributed by atoms with E-state index in [1.165, 1.54) is 122 Å². The Bertz CT molecular complexity index is 686. The molecule has 0 bridgehead atoms. The molecular formula is C40H74O5. The van der Waals surface area contributed by atoms with Crippen LogP contribution >= 0.6 is 0 Å². The predicted octanol–water partition coefficient (Wildman–Crippen LogP) is 11.9. The normalized spacial score (nSPS) is 12.3. The molecule has 1 atom stereocenters. The van der Waals surface area contributed by atoms with E-state index in [0.29, 0.717) is 12.8 Å². The number of esters is 2. The topological polar surface area (TPSA) is 72.8 Å². The fourth-order valence-electron chi connectivity index (χ4n) is 5.48. The van der Waals surface area contributed by atoms with Crippen molar-refractivity contribution < 1.29 is 24.2 Å². The Labute approximate surface area is 279 Å². The van der Waals surface area contributed by atoms with Gasteiger partial charge in [0.05, 0.1) is 6.61 Å². The average Bonchev–Trinajstić information content (AvgIpc) is 3.04. The van der Waals surface area contributed by atoms with Crippen LogP contribution in [0.5, 0.6) is 0 Å². The fourth-order valence-corrected chi connectivity index (χ4v) is 5.48. The smallest absolute Gasteiger partial charge is 0.306 e. The molecule has 1 N–H and O–H groups in total. The highest BCUT2D eigenvalue weighted by molar-refractivity contribution is 5.70. The lowest BCUT2D eigenvalue weighted by Crippen LogP contribution is -2.28. The first-order valence-electron chi connectivity index (χ1n) is 19.4. The summed E-state index contributed by atoms with van der Waals surface area (Å²) >= 11 is 0. The minimum atomic E-state index is -0.775. The molecule has 0 aromatic rings. The van der Waals surface area contributed by atoms with Crippen molar-refractivity contribution in [3.05, 3.63) is 24.3 Å². The molecular weight excluding hydrogens is 560 g/mol. The van der Waals surface area contributed by atoms with Crippen LogP contribution in [0.3, 0.4) is 0 Å². The predicted molar refractivity (Wildman–Crippen MR) is 191 cm³/mol. The van der Waals surface area contributed by atoms with E-state index in [2.05, 4.69) is 38.2 Å². The van der Waals surface area contributed by atoms with Crippen molar-refractivity contribution in [3.63, 3.8) is 0 Å². The first kappa shape index (κ1) is 43.4. The van der Waals surface area contributed by atoms with Crippen LogP contribution < -0.4 is 0 Å². The largest absolute Gasteiger partial charge is 0.462 e. The van der Waals surface area contributed by atoms with Gasteiger partial charge in [-0.2, -0.15) is 0 Å². The number of unbranched alkanes of at least 4 members (excludes halogenated alkanes) is 23. The van der Waals surface area contributed by atoms with Crippen LogP contribution in [0.2, 0.25) is 0 Å². The van der Waals surface area contributed by atoms with Gasteiger partial charge in [0.1, 0.15) is 6.61 Å². The molecule has 0 aliphatic heterocycles. The monoisotopic (exact) mass is 635 g/mol. The molecule has 0 rings (SSSR count). The first-order chi connectivity index (χ1) is 22.1. The second kappa shape index (κ2) is 36.8. The summed E-state index contributed by atoms with van der Waals surface area (Å²) in [5.74, 6) is -0.606. The highest BCUT2D eigenvalue weighted by Crippen LogP contribution is 2.13. The quantitative estimate of drug-likeness (QED) is 0.0426. The van der Waals surface area contributed by atoms with Crippen LogP contribution in [-0.4, -0.2) is 36.4 Å². The lowest BCUT2D eigenvalue weighted by molar-refractivity contribution is -0.161. The third-order valence-corrected chi connectivity index (χ3v) is 8.47. The summed E-state index contributed by atoms with van der Waals surface area (Å²) in [6, 6.07) is 0. The summed E-state index contributed by atoms with van der Waals surface area (Å²) in [5.41, 5.74) is 0. The lowest BCUT2D eigenvalue weighted by Gasteiger charge is -2.15. The van der Waals surface area contributed by atoms with Gasteiger partial charge in [-0.1, -0.05) is 147 Å². The second-order valence-corrected chi connectivity index (χ2v) is 13.0. The molecule has 0 saturated heterocycles. The summed E-state index contributed by atoms with van der Waals surface area (Å²) in [7, 11) is 0. The zero-order chi connectivity index (χ0) is 32.9. The van der Waals surface area contributed by atoms with Gasteiger partial charge in [-0.25, -0.2) is 0 Å². The van der Waals surface area contributed by atoms with Gasteiger partial charge in [0.15, 0.2) is 6.10 Å². The Kier molecular flexibility index (Phi) is 35.5. The molecule has 0 heterocycles. The highest BCUT2D eigenvalue weighted by atomic mass is 16.6. The first-order valence-corrected chi connectivity index (χ1v) is 19.4. The van der Waals surface area contributed by atoms with Gasteiger partial charge < -0.3 is 14.6 Å². The second-order valence-electron chi connectivity index (χ2n) is 13.0. The summed E-state index contributed by atoms with van der Waals surface area (Å²) < 4.78 is 10.6. The molecule has 0 fully saturated rings. The van der Waals surface area contributed by atoms with Gasteiger partial charge in [0, 0.05) is 12.8 Å². The molecule has 0 radical (unpaired) electrons. The maximum atomic E-state index is 12.1. The number of carbonyl (C=O) groups is 2. The van der Waals surface area contributed by atoms with E-state index in [0.717, 1.165) is 51.4 Å². The van der Waals surface area contributed by atoms with Gasteiger partial charge >= 0.3 is 11.9 Å². The maximum Gasteiger partial charge on any atom is 0.306 e. The van der Waals surface area contributed by atoms with Crippen molar-refractivity contribution in [1.82, 2.24) is 0 Å². The van der Waals surface area contributed by atoms with Crippen LogP contribution in [0.25, 0.3) is 0 Å². The fraction of sp³-hybridized carbons (Fsp3) is 0.850. The molecule has 0 aliphatic carbocycles. The number of rotatable bonds is 35. The van der Waals surface area contributed by atoms with Gasteiger partial charge in [-0.3, -0.25) is 9.59 Å². The van der Waals surface area contributed by atoms with Crippen molar-refractivity contribution in [2.75, 3.05) is 13.2 Å². The Hall–Kier alpha value is -1.62. The average molecular weight is 635 g/mol. The van der Waals surface area contributed by atoms with E-state index in [1.54, 1.807) is 0 Å². The van der Waals surface area contributed by atoms with E-state index in [1.807, 2.05) is 0 Å². The minimum absolute atomic E-state index is 0.0708. The van der Waals surface area contributed by atoms with Crippen LogP contribution in [0.15, 0.2) is 24.3 Å². The van der Waals surface area contributed by atoms with E-state index < -0.39 is 6.10 Å². The molecule has 264 valence electrons. The number of hydrogen-bond donors (Lipinski definition) is 1. The Morgan fingerprint density at radius 2 is 0.822 bits per heavy atom. The molecule has 45 heavy (non-hydrogen) atoms. The van der Waals surface area contributed by atoms with E-state index in [-0.39, 0.29) is 25.2 Å². The lowest BCUT2D eigenvalue weighted by atomic mass is 10.1. The number of aliphatic hydroxyl groups is 1. The van der Waals surface area contributed by atoms with Crippen LogP contribution in [0.4, 0.5) is 0 Å². The van der Waals surface area contributed by atoms with E-state index >= 15 is 0 Å². The summed E-state index contributed by atoms with van der Waals surface area (Å²) in [6.07, 6.45) is 42.3. The molecule has 0 aliphatic rings. The number of ether oxygens (including phenoxy) is 2. The third kappa shape index (κ3) is 35.1. The molecule has 0 aromatic carbocycles. The third-order valence-electron chi connectivity index (χ3n) is 8.47.